The van der Waals surface area contributed by atoms with Crippen molar-refractivity contribution in [2.75, 3.05) is 6.54 Å². The smallest absolute Gasteiger partial charge is 0.234 e. The van der Waals surface area contributed by atoms with Gasteiger partial charge in [-0.3, -0.25) is 4.79 Å². The number of hydrogen-bond donors (Lipinski definition) is 2. The molecule has 1 radical (unpaired) electrons. The van der Waals surface area contributed by atoms with Gasteiger partial charge in [-0.1, -0.05) is 19.9 Å². The average molecular weight is 275 g/mol. The third-order valence-corrected chi connectivity index (χ3v) is 1.44. The molecular weight excluding hydrogens is 257 g/mol. The Hall–Kier alpha value is 0.204. The van der Waals surface area contributed by atoms with Crippen LogP contribution in [0, 0.1) is 7.43 Å². The van der Waals surface area contributed by atoms with E-state index in [-0.39, 0.29) is 52.1 Å². The molecular formula is C9H18N2O2Y-2. The molecule has 1 amide bonds. The second-order valence-electron chi connectivity index (χ2n) is 2.63. The molecule has 14 heavy (non-hydrogen) atoms. The van der Waals surface area contributed by atoms with Gasteiger partial charge in [0.1, 0.15) is 0 Å². The molecule has 0 aromatic heterocycles. The number of likely N-dealkylation sites (N-methyl/N-ethyl adjacent to an activating group) is 1. The molecule has 0 saturated heterocycles. The van der Waals surface area contributed by atoms with Gasteiger partial charge >= 0.3 is 0 Å². The van der Waals surface area contributed by atoms with Crippen molar-refractivity contribution in [2.45, 2.75) is 32.9 Å². The van der Waals surface area contributed by atoms with Crippen LogP contribution in [0.1, 0.15) is 20.8 Å². The molecule has 0 aliphatic heterocycles. The minimum absolute atomic E-state index is 0. The molecule has 0 aliphatic carbocycles. The molecule has 0 saturated carbocycles. The van der Waals surface area contributed by atoms with Crippen LogP contribution in [0.4, 0.5) is 0 Å². The van der Waals surface area contributed by atoms with E-state index in [9.17, 15) is 9.59 Å². The van der Waals surface area contributed by atoms with E-state index in [1.165, 1.54) is 0 Å². The summed E-state index contributed by atoms with van der Waals surface area (Å²) in [4.78, 5) is 21.2. The van der Waals surface area contributed by atoms with Gasteiger partial charge in [-0.2, -0.15) is 0 Å². The van der Waals surface area contributed by atoms with Gasteiger partial charge in [0.15, 0.2) is 0 Å². The number of nitrogens with one attached hydrogen (secondary N) is 2. The second kappa shape index (κ2) is 11.3. The average Bonchev–Trinajstić information content (AvgIpc) is 2.04. The summed E-state index contributed by atoms with van der Waals surface area (Å²) in [5.74, 6) is -0.173. The molecule has 0 rings (SSSR count). The maximum atomic E-state index is 11.1. The second-order valence-corrected chi connectivity index (χ2v) is 2.63. The van der Waals surface area contributed by atoms with E-state index in [4.69, 9.17) is 0 Å². The third kappa shape index (κ3) is 8.79. The largest absolute Gasteiger partial charge is 0.540 e. The number of hydrogen-bond acceptors (Lipinski definition) is 3. The Morgan fingerprint density at radius 2 is 1.93 bits per heavy atom. The Kier molecular flexibility index (Phi) is 15.9. The predicted molar refractivity (Wildman–Crippen MR) is 52.9 cm³/mol. The molecule has 2 unspecified atom stereocenters. The number of carbonyl (C=O) groups excluding carboxylic acids is 2. The summed E-state index contributed by atoms with van der Waals surface area (Å²) in [6.45, 7) is 5.98. The molecule has 5 heteroatoms. The maximum absolute atomic E-state index is 11.1. The van der Waals surface area contributed by atoms with E-state index in [0.717, 1.165) is 6.54 Å². The summed E-state index contributed by atoms with van der Waals surface area (Å²) in [5, 5.41) is 5.42. The Labute approximate surface area is 111 Å². The van der Waals surface area contributed by atoms with Gasteiger partial charge in [-0.15, -0.1) is 0 Å². The van der Waals surface area contributed by atoms with Crippen molar-refractivity contribution in [3.8, 4) is 0 Å². The fraction of sp³-hybridized carbons (Fsp3) is 0.667. The van der Waals surface area contributed by atoms with E-state index in [0.29, 0.717) is 0 Å². The van der Waals surface area contributed by atoms with Crippen molar-refractivity contribution in [2.24, 2.45) is 0 Å². The van der Waals surface area contributed by atoms with Gasteiger partial charge in [0.25, 0.3) is 0 Å². The summed E-state index contributed by atoms with van der Waals surface area (Å²) in [6, 6.07) is -0.788. The van der Waals surface area contributed by atoms with Crippen molar-refractivity contribution in [1.29, 1.82) is 0 Å². The standard InChI is InChI=1S/C8H15N2O2.CH3.Y/c1-4-9-7(3)8(12)10-6(2)5-11;;/h6-7,9H,4H2,1-3H3,(H,10,12);1H3;/q2*-1;. The molecule has 0 aromatic carbocycles. The van der Waals surface area contributed by atoms with Crippen LogP contribution < -0.4 is 10.6 Å². The molecule has 0 aliphatic rings. The fourth-order valence-corrected chi connectivity index (χ4v) is 0.767. The van der Waals surface area contributed by atoms with Crippen LogP contribution in [0.5, 0.6) is 0 Å². The van der Waals surface area contributed by atoms with Crippen LogP contribution in [-0.2, 0) is 42.3 Å². The summed E-state index contributed by atoms with van der Waals surface area (Å²) in [6.07, 6.45) is 1.68. The van der Waals surface area contributed by atoms with E-state index in [2.05, 4.69) is 10.6 Å². The molecule has 81 valence electrons. The van der Waals surface area contributed by atoms with Crippen molar-refractivity contribution in [3.05, 3.63) is 7.43 Å². The zero-order valence-electron chi connectivity index (χ0n) is 9.26. The summed E-state index contributed by atoms with van der Waals surface area (Å²) < 4.78 is 0. The van der Waals surface area contributed by atoms with Crippen molar-refractivity contribution >= 4 is 12.2 Å². The number of carbonyl (C=O) groups is 1. The Bertz CT molecular complexity index is 165. The monoisotopic (exact) mass is 275 g/mol. The van der Waals surface area contributed by atoms with E-state index in [1.54, 1.807) is 20.1 Å². The first-order chi connectivity index (χ1) is 5.61. The first-order valence-electron chi connectivity index (χ1n) is 4.03. The molecule has 0 bridgehead atoms. The van der Waals surface area contributed by atoms with Crippen molar-refractivity contribution in [3.63, 3.8) is 0 Å². The summed E-state index contributed by atoms with van der Waals surface area (Å²) in [5.41, 5.74) is 0. The molecule has 0 aromatic rings. The van der Waals surface area contributed by atoms with Crippen molar-refractivity contribution in [1.82, 2.24) is 10.6 Å². The molecule has 0 fully saturated rings. The Morgan fingerprint density at radius 1 is 1.43 bits per heavy atom. The van der Waals surface area contributed by atoms with Crippen LogP contribution in [0.2, 0.25) is 0 Å². The number of amides is 1. The van der Waals surface area contributed by atoms with Crippen LogP contribution >= 0.6 is 0 Å². The summed E-state index contributed by atoms with van der Waals surface area (Å²) in [7, 11) is 0. The SMILES string of the molecule is CCNC(C)C(=O)NC(C)[C-]=O.[CH3-].[Y]. The normalized spacial score (nSPS) is 12.8. The first kappa shape index (κ1) is 19.7. The molecule has 0 heterocycles. The van der Waals surface area contributed by atoms with Crippen LogP contribution in [0.25, 0.3) is 0 Å². The van der Waals surface area contributed by atoms with Gasteiger partial charge in [0.2, 0.25) is 5.91 Å². The Morgan fingerprint density at radius 3 is 2.29 bits per heavy atom. The van der Waals surface area contributed by atoms with E-state index < -0.39 is 6.04 Å². The minimum atomic E-state index is -0.529. The van der Waals surface area contributed by atoms with Crippen molar-refractivity contribution < 1.29 is 42.3 Å². The van der Waals surface area contributed by atoms with Gasteiger partial charge in [-0.25, -0.2) is 6.29 Å². The summed E-state index contributed by atoms with van der Waals surface area (Å²) >= 11 is 0. The van der Waals surface area contributed by atoms with Gasteiger partial charge in [0, 0.05) is 32.7 Å². The maximum Gasteiger partial charge on any atom is 0.234 e. The minimum Gasteiger partial charge on any atom is -0.540 e. The zero-order chi connectivity index (χ0) is 9.56. The Balaban J connectivity index is -0.000000605. The van der Waals surface area contributed by atoms with E-state index >= 15 is 0 Å². The van der Waals surface area contributed by atoms with Gasteiger partial charge < -0.3 is 22.9 Å². The number of rotatable bonds is 5. The van der Waals surface area contributed by atoms with Crippen LogP contribution in [-0.4, -0.2) is 30.8 Å². The first-order valence-corrected chi connectivity index (χ1v) is 4.03. The van der Waals surface area contributed by atoms with E-state index in [1.807, 2.05) is 6.92 Å². The zero-order valence-corrected chi connectivity index (χ0v) is 12.1. The van der Waals surface area contributed by atoms with Gasteiger partial charge in [0.05, 0.1) is 6.04 Å². The third-order valence-electron chi connectivity index (χ3n) is 1.44. The topological polar surface area (TPSA) is 58.2 Å². The molecule has 2 N–H and O–H groups in total. The van der Waals surface area contributed by atoms with Crippen LogP contribution in [0.3, 0.4) is 0 Å². The fourth-order valence-electron chi connectivity index (χ4n) is 0.767. The molecule has 4 nitrogen and oxygen atoms in total. The van der Waals surface area contributed by atoms with Gasteiger partial charge in [-0.05, 0) is 13.5 Å². The molecule has 0 spiro atoms. The molecule has 2 atom stereocenters. The quantitative estimate of drug-likeness (QED) is 0.697. The van der Waals surface area contributed by atoms with Crippen LogP contribution in [0.15, 0.2) is 0 Å². The predicted octanol–water partition coefficient (Wildman–Crippen LogP) is 0.0466.